The van der Waals surface area contributed by atoms with Crippen molar-refractivity contribution in [1.29, 1.82) is 0 Å². The van der Waals surface area contributed by atoms with Crippen LogP contribution in [0.4, 0.5) is 5.82 Å². The fraction of sp³-hybridized carbons (Fsp3) is 0.647. The lowest BCUT2D eigenvalue weighted by atomic mass is 9.95. The Morgan fingerprint density at radius 2 is 2.19 bits per heavy atom. The average molecular weight is 289 g/mol. The predicted octanol–water partition coefficient (Wildman–Crippen LogP) is 3.19. The van der Waals surface area contributed by atoms with Crippen molar-refractivity contribution in [1.82, 2.24) is 9.88 Å². The summed E-state index contributed by atoms with van der Waals surface area (Å²) in [6.07, 6.45) is 1.96. The minimum atomic E-state index is 0.148. The summed E-state index contributed by atoms with van der Waals surface area (Å²) in [4.78, 5) is 19.2. The maximum absolute atomic E-state index is 12.7. The van der Waals surface area contributed by atoms with E-state index in [1.165, 1.54) is 0 Å². The van der Waals surface area contributed by atoms with Gasteiger partial charge in [0.1, 0.15) is 5.82 Å². The van der Waals surface area contributed by atoms with E-state index >= 15 is 0 Å². The number of nitrogens with one attached hydrogen (secondary N) is 1. The normalized spacial score (nSPS) is 18.3. The average Bonchev–Trinajstić information content (AvgIpc) is 2.96. The van der Waals surface area contributed by atoms with Crippen molar-refractivity contribution in [2.24, 2.45) is 11.8 Å². The van der Waals surface area contributed by atoms with Crippen LogP contribution in [0, 0.1) is 11.8 Å². The lowest BCUT2D eigenvalue weighted by Gasteiger charge is -2.19. The van der Waals surface area contributed by atoms with Gasteiger partial charge in [-0.25, -0.2) is 4.98 Å². The zero-order chi connectivity index (χ0) is 15.4. The van der Waals surface area contributed by atoms with Gasteiger partial charge in [-0.05, 0) is 43.7 Å². The first-order chi connectivity index (χ1) is 10.0. The zero-order valence-corrected chi connectivity index (χ0v) is 13.6. The fourth-order valence-corrected chi connectivity index (χ4v) is 2.86. The highest BCUT2D eigenvalue weighted by Crippen LogP contribution is 2.25. The topological polar surface area (TPSA) is 45.2 Å². The first-order valence-electron chi connectivity index (χ1n) is 8.09. The molecule has 21 heavy (non-hydrogen) atoms. The SMILES string of the molecule is CCNc1cc(C(=O)N2CCC(C(C)C)C2)cc(CC)n1. The smallest absolute Gasteiger partial charge is 0.254 e. The Balaban J connectivity index is 2.17. The maximum atomic E-state index is 12.7. The molecular formula is C17H27N3O. The minimum Gasteiger partial charge on any atom is -0.370 e. The molecule has 1 unspecified atom stereocenters. The van der Waals surface area contributed by atoms with E-state index in [1.807, 2.05) is 24.0 Å². The maximum Gasteiger partial charge on any atom is 0.254 e. The molecule has 1 atom stereocenters. The van der Waals surface area contributed by atoms with Crippen molar-refractivity contribution in [3.63, 3.8) is 0 Å². The summed E-state index contributed by atoms with van der Waals surface area (Å²) in [6.45, 7) is 11.2. The highest BCUT2D eigenvalue weighted by molar-refractivity contribution is 5.95. The fourth-order valence-electron chi connectivity index (χ4n) is 2.86. The summed E-state index contributed by atoms with van der Waals surface area (Å²) in [6, 6.07) is 3.82. The van der Waals surface area contributed by atoms with Crippen LogP contribution in [0.2, 0.25) is 0 Å². The number of hydrogen-bond acceptors (Lipinski definition) is 3. The molecule has 1 aromatic rings. The lowest BCUT2D eigenvalue weighted by Crippen LogP contribution is -2.29. The second-order valence-electron chi connectivity index (χ2n) is 6.16. The van der Waals surface area contributed by atoms with Gasteiger partial charge >= 0.3 is 0 Å². The van der Waals surface area contributed by atoms with E-state index in [-0.39, 0.29) is 5.91 Å². The highest BCUT2D eigenvalue weighted by Gasteiger charge is 2.28. The van der Waals surface area contributed by atoms with E-state index < -0.39 is 0 Å². The molecule has 1 amide bonds. The molecule has 1 aliphatic heterocycles. The number of carbonyl (C=O) groups is 1. The molecule has 4 heteroatoms. The van der Waals surface area contributed by atoms with E-state index in [1.54, 1.807) is 0 Å². The van der Waals surface area contributed by atoms with E-state index in [4.69, 9.17) is 0 Å². The predicted molar refractivity (Wildman–Crippen MR) is 86.6 cm³/mol. The van der Waals surface area contributed by atoms with Crippen LogP contribution in [0.15, 0.2) is 12.1 Å². The Morgan fingerprint density at radius 1 is 1.43 bits per heavy atom. The number of hydrogen-bond donors (Lipinski definition) is 1. The summed E-state index contributed by atoms with van der Waals surface area (Å²) in [5.41, 5.74) is 1.73. The van der Waals surface area contributed by atoms with Crippen LogP contribution in [0.1, 0.15) is 50.2 Å². The van der Waals surface area contributed by atoms with Crippen LogP contribution in [-0.4, -0.2) is 35.4 Å². The van der Waals surface area contributed by atoms with E-state index in [9.17, 15) is 4.79 Å². The van der Waals surface area contributed by atoms with E-state index in [0.717, 1.165) is 49.6 Å². The van der Waals surface area contributed by atoms with Crippen LogP contribution in [0.25, 0.3) is 0 Å². The number of rotatable bonds is 5. The standard InChI is InChI=1S/C17H27N3O/c1-5-15-9-14(10-16(19-15)18-6-2)17(21)20-8-7-13(11-20)12(3)4/h9-10,12-13H,5-8,11H2,1-4H3,(H,18,19). The van der Waals surface area contributed by atoms with Gasteiger partial charge in [-0.1, -0.05) is 20.8 Å². The monoisotopic (exact) mass is 289 g/mol. The molecule has 116 valence electrons. The van der Waals surface area contributed by atoms with Crippen molar-refractivity contribution >= 4 is 11.7 Å². The van der Waals surface area contributed by atoms with Crippen LogP contribution in [0.5, 0.6) is 0 Å². The van der Waals surface area contributed by atoms with E-state index in [0.29, 0.717) is 11.8 Å². The molecule has 0 bridgehead atoms. The number of carbonyl (C=O) groups excluding carboxylic acids is 1. The van der Waals surface area contributed by atoms with Crippen molar-refractivity contribution < 1.29 is 4.79 Å². The Labute approximate surface area is 127 Å². The molecule has 2 heterocycles. The van der Waals surface area contributed by atoms with Crippen LogP contribution in [-0.2, 0) is 6.42 Å². The zero-order valence-electron chi connectivity index (χ0n) is 13.6. The summed E-state index contributed by atoms with van der Waals surface area (Å²) in [5.74, 6) is 2.23. The van der Waals surface area contributed by atoms with Crippen LogP contribution < -0.4 is 5.32 Å². The number of aromatic nitrogens is 1. The Kier molecular flexibility index (Phi) is 5.21. The number of anilines is 1. The van der Waals surface area contributed by atoms with Gasteiger partial charge in [-0.2, -0.15) is 0 Å². The Bertz CT molecular complexity index is 499. The first-order valence-corrected chi connectivity index (χ1v) is 8.09. The lowest BCUT2D eigenvalue weighted by molar-refractivity contribution is 0.0784. The van der Waals surface area contributed by atoms with Crippen molar-refractivity contribution in [2.75, 3.05) is 25.0 Å². The van der Waals surface area contributed by atoms with Crippen LogP contribution in [0.3, 0.4) is 0 Å². The van der Waals surface area contributed by atoms with Crippen LogP contribution >= 0.6 is 0 Å². The number of likely N-dealkylation sites (tertiary alicyclic amines) is 1. The third-order valence-corrected chi connectivity index (χ3v) is 4.30. The molecule has 1 aromatic heterocycles. The Hall–Kier alpha value is -1.58. The third-order valence-electron chi connectivity index (χ3n) is 4.30. The number of aryl methyl sites for hydroxylation is 1. The van der Waals surface area contributed by atoms with Crippen molar-refractivity contribution in [3.05, 3.63) is 23.4 Å². The van der Waals surface area contributed by atoms with Gasteiger partial charge in [-0.3, -0.25) is 4.79 Å². The summed E-state index contributed by atoms with van der Waals surface area (Å²) in [5, 5.41) is 3.21. The molecular weight excluding hydrogens is 262 g/mol. The molecule has 1 fully saturated rings. The van der Waals surface area contributed by atoms with Gasteiger partial charge in [0, 0.05) is 30.9 Å². The second kappa shape index (κ2) is 6.92. The molecule has 1 N–H and O–H groups in total. The van der Waals surface area contributed by atoms with Gasteiger partial charge in [0.05, 0.1) is 0 Å². The quantitative estimate of drug-likeness (QED) is 0.905. The number of pyridine rings is 1. The molecule has 1 aliphatic rings. The van der Waals surface area contributed by atoms with Gasteiger partial charge in [-0.15, -0.1) is 0 Å². The Morgan fingerprint density at radius 3 is 2.76 bits per heavy atom. The molecule has 0 aliphatic carbocycles. The second-order valence-corrected chi connectivity index (χ2v) is 6.16. The van der Waals surface area contributed by atoms with Crippen molar-refractivity contribution in [2.45, 2.75) is 40.5 Å². The van der Waals surface area contributed by atoms with Gasteiger partial charge in [0.15, 0.2) is 0 Å². The molecule has 4 nitrogen and oxygen atoms in total. The summed E-state index contributed by atoms with van der Waals surface area (Å²) in [7, 11) is 0. The van der Waals surface area contributed by atoms with E-state index in [2.05, 4.69) is 31.1 Å². The van der Waals surface area contributed by atoms with Gasteiger partial charge < -0.3 is 10.2 Å². The molecule has 1 saturated heterocycles. The molecule has 2 rings (SSSR count). The largest absolute Gasteiger partial charge is 0.370 e. The molecule has 0 aromatic carbocycles. The highest BCUT2D eigenvalue weighted by atomic mass is 16.2. The van der Waals surface area contributed by atoms with Gasteiger partial charge in [0.25, 0.3) is 5.91 Å². The number of nitrogens with zero attached hydrogens (tertiary/aromatic N) is 2. The minimum absolute atomic E-state index is 0.148. The third kappa shape index (κ3) is 3.74. The van der Waals surface area contributed by atoms with Crippen molar-refractivity contribution in [3.8, 4) is 0 Å². The van der Waals surface area contributed by atoms with Gasteiger partial charge in [0.2, 0.25) is 0 Å². The number of amides is 1. The summed E-state index contributed by atoms with van der Waals surface area (Å²) >= 11 is 0. The first kappa shape index (κ1) is 15.8. The molecule has 0 spiro atoms. The summed E-state index contributed by atoms with van der Waals surface area (Å²) < 4.78 is 0. The molecule has 0 radical (unpaired) electrons. The molecule has 0 saturated carbocycles.